The monoisotopic (exact) mass is 448 g/mol. The molecule has 1 saturated heterocycles. The summed E-state index contributed by atoms with van der Waals surface area (Å²) < 4.78 is 1.13. The summed E-state index contributed by atoms with van der Waals surface area (Å²) in [4.78, 5) is 26.0. The van der Waals surface area contributed by atoms with Crippen molar-refractivity contribution >= 4 is 38.8 Å². The lowest BCUT2D eigenvalue weighted by molar-refractivity contribution is 0.0570. The largest absolute Gasteiger partial charge is 0.332 e. The molecule has 5 rings (SSSR count). The van der Waals surface area contributed by atoms with Crippen LogP contribution in [0.25, 0.3) is 20.7 Å². The number of thiazole rings is 2. The molecule has 31 heavy (non-hydrogen) atoms. The number of nitrogens with zero attached hydrogens (tertiary/aromatic N) is 3. The minimum atomic E-state index is -0.304. The van der Waals surface area contributed by atoms with Crippen LogP contribution in [-0.4, -0.2) is 33.4 Å². The Morgan fingerprint density at radius 1 is 1.06 bits per heavy atom. The van der Waals surface area contributed by atoms with Gasteiger partial charge in [-0.15, -0.1) is 22.7 Å². The Hall–Kier alpha value is -2.61. The van der Waals surface area contributed by atoms with Crippen molar-refractivity contribution in [1.82, 2.24) is 14.9 Å². The first kappa shape index (κ1) is 20.3. The van der Waals surface area contributed by atoms with Crippen LogP contribution in [0.2, 0.25) is 0 Å². The standard InChI is InChI=1S/C24H24N4OS2/c1-15-26-21(22(30-15)16-9-3-2-4-10-16)24(29)28-14-8-7-12-18(28)20(25)23-27-17-11-5-6-13-19(17)31-23/h2-6,9-11,13,18,20H,7-8,12,14,25H2,1H3. The van der Waals surface area contributed by atoms with Crippen LogP contribution < -0.4 is 5.73 Å². The summed E-state index contributed by atoms with van der Waals surface area (Å²) in [5, 5.41) is 1.79. The zero-order valence-corrected chi connectivity index (χ0v) is 19.0. The number of piperidine rings is 1. The van der Waals surface area contributed by atoms with Gasteiger partial charge in [-0.2, -0.15) is 0 Å². The van der Waals surface area contributed by atoms with Gasteiger partial charge in [0.05, 0.1) is 32.2 Å². The Morgan fingerprint density at radius 2 is 1.84 bits per heavy atom. The lowest BCUT2D eigenvalue weighted by atomic mass is 9.95. The van der Waals surface area contributed by atoms with Crippen molar-refractivity contribution < 1.29 is 4.79 Å². The number of para-hydroxylation sites is 1. The van der Waals surface area contributed by atoms with Crippen LogP contribution in [0.15, 0.2) is 54.6 Å². The number of rotatable bonds is 4. The number of aryl methyl sites for hydroxylation is 1. The van der Waals surface area contributed by atoms with Crippen molar-refractivity contribution in [2.24, 2.45) is 5.73 Å². The summed E-state index contributed by atoms with van der Waals surface area (Å²) in [5.41, 5.74) is 9.26. The second-order valence-electron chi connectivity index (χ2n) is 7.88. The Bertz CT molecular complexity index is 1180. The Balaban J connectivity index is 1.48. The molecule has 0 spiro atoms. The highest BCUT2D eigenvalue weighted by Gasteiger charge is 2.35. The maximum atomic E-state index is 13.7. The summed E-state index contributed by atoms with van der Waals surface area (Å²) in [6, 6.07) is 17.7. The lowest BCUT2D eigenvalue weighted by Gasteiger charge is -2.38. The Kier molecular flexibility index (Phi) is 5.56. The minimum absolute atomic E-state index is 0.0236. The molecule has 5 nitrogen and oxygen atoms in total. The SMILES string of the molecule is Cc1nc(C(=O)N2CCCCC2C(N)c2nc3ccccc3s2)c(-c2ccccc2)s1. The summed E-state index contributed by atoms with van der Waals surface area (Å²) >= 11 is 3.19. The molecule has 4 aromatic rings. The highest BCUT2D eigenvalue weighted by Crippen LogP contribution is 2.35. The molecule has 0 bridgehead atoms. The van der Waals surface area contributed by atoms with Crippen LogP contribution in [0.1, 0.15) is 45.8 Å². The maximum Gasteiger partial charge on any atom is 0.274 e. The number of likely N-dealkylation sites (tertiary alicyclic amines) is 1. The highest BCUT2D eigenvalue weighted by atomic mass is 32.1. The minimum Gasteiger partial charge on any atom is -0.332 e. The van der Waals surface area contributed by atoms with Gasteiger partial charge >= 0.3 is 0 Å². The van der Waals surface area contributed by atoms with E-state index in [4.69, 9.17) is 10.7 Å². The molecule has 0 saturated carbocycles. The van der Waals surface area contributed by atoms with Crippen LogP contribution in [0.3, 0.4) is 0 Å². The zero-order chi connectivity index (χ0) is 21.4. The van der Waals surface area contributed by atoms with E-state index in [0.717, 1.165) is 49.9 Å². The molecule has 3 heterocycles. The van der Waals surface area contributed by atoms with Gasteiger partial charge in [0.25, 0.3) is 5.91 Å². The maximum absolute atomic E-state index is 13.7. The second kappa shape index (κ2) is 8.49. The molecular formula is C24H24N4OS2. The fraction of sp³-hybridized carbons (Fsp3) is 0.292. The van der Waals surface area contributed by atoms with Gasteiger partial charge in [-0.05, 0) is 43.9 Å². The Morgan fingerprint density at radius 3 is 2.65 bits per heavy atom. The number of fused-ring (bicyclic) bond motifs is 1. The van der Waals surface area contributed by atoms with Crippen LogP contribution in [0.5, 0.6) is 0 Å². The number of carbonyl (C=O) groups is 1. The van der Waals surface area contributed by atoms with Crippen molar-refractivity contribution in [2.75, 3.05) is 6.54 Å². The lowest BCUT2D eigenvalue weighted by Crippen LogP contribution is -2.49. The number of benzene rings is 2. The fourth-order valence-corrected chi connectivity index (χ4v) is 6.22. The topological polar surface area (TPSA) is 72.1 Å². The predicted octanol–water partition coefficient (Wildman–Crippen LogP) is 5.42. The summed E-state index contributed by atoms with van der Waals surface area (Å²) in [6.45, 7) is 2.65. The first-order valence-electron chi connectivity index (χ1n) is 10.6. The molecule has 0 radical (unpaired) electrons. The summed E-state index contributed by atoms with van der Waals surface area (Å²) in [6.07, 6.45) is 2.93. The first-order chi connectivity index (χ1) is 15.1. The van der Waals surface area contributed by atoms with Gasteiger partial charge in [0.2, 0.25) is 0 Å². The van der Waals surface area contributed by atoms with Crippen molar-refractivity contribution in [1.29, 1.82) is 0 Å². The second-order valence-corrected chi connectivity index (χ2v) is 10.1. The molecule has 1 amide bonds. The van der Waals surface area contributed by atoms with E-state index >= 15 is 0 Å². The van der Waals surface area contributed by atoms with Crippen molar-refractivity contribution in [3.05, 3.63) is 70.3 Å². The molecule has 2 unspecified atom stereocenters. The van der Waals surface area contributed by atoms with Gasteiger partial charge in [0.1, 0.15) is 10.7 Å². The number of carbonyl (C=O) groups excluding carboxylic acids is 1. The number of amides is 1. The number of hydrogen-bond donors (Lipinski definition) is 1. The van der Waals surface area contributed by atoms with Crippen LogP contribution in [0, 0.1) is 6.92 Å². The highest BCUT2D eigenvalue weighted by molar-refractivity contribution is 7.18. The smallest absolute Gasteiger partial charge is 0.274 e. The van der Waals surface area contributed by atoms with E-state index in [1.54, 1.807) is 22.7 Å². The van der Waals surface area contributed by atoms with Gasteiger partial charge < -0.3 is 10.6 Å². The summed E-state index contributed by atoms with van der Waals surface area (Å²) in [7, 11) is 0. The molecule has 2 atom stereocenters. The van der Waals surface area contributed by atoms with Crippen LogP contribution >= 0.6 is 22.7 Å². The van der Waals surface area contributed by atoms with Crippen LogP contribution in [0.4, 0.5) is 0 Å². The fourth-order valence-electron chi connectivity index (χ4n) is 4.27. The quantitative estimate of drug-likeness (QED) is 0.452. The number of aromatic nitrogens is 2. The Labute approximate surface area is 189 Å². The van der Waals surface area contributed by atoms with E-state index in [2.05, 4.69) is 11.1 Å². The van der Waals surface area contributed by atoms with E-state index in [0.29, 0.717) is 12.2 Å². The normalized spacial score (nSPS) is 17.7. The average molecular weight is 449 g/mol. The van der Waals surface area contributed by atoms with Gasteiger partial charge in [-0.1, -0.05) is 42.5 Å². The third-order valence-electron chi connectivity index (χ3n) is 5.79. The molecular weight excluding hydrogens is 424 g/mol. The summed E-state index contributed by atoms with van der Waals surface area (Å²) in [5.74, 6) is -0.0236. The van der Waals surface area contributed by atoms with E-state index in [1.807, 2.05) is 60.4 Å². The molecule has 1 fully saturated rings. The third-order valence-corrected chi connectivity index (χ3v) is 7.95. The van der Waals surface area contributed by atoms with Crippen LogP contribution in [-0.2, 0) is 0 Å². The van der Waals surface area contributed by atoms with Crippen molar-refractivity contribution in [2.45, 2.75) is 38.3 Å². The predicted molar refractivity (Wildman–Crippen MR) is 128 cm³/mol. The average Bonchev–Trinajstić information content (AvgIpc) is 3.42. The van der Waals surface area contributed by atoms with Gasteiger partial charge in [-0.3, -0.25) is 4.79 Å². The molecule has 2 N–H and O–H groups in total. The molecule has 1 aliphatic rings. The van der Waals surface area contributed by atoms with Gasteiger partial charge in [0.15, 0.2) is 0 Å². The molecule has 158 valence electrons. The first-order valence-corrected chi connectivity index (χ1v) is 12.2. The number of hydrogen-bond acceptors (Lipinski definition) is 6. The molecule has 1 aliphatic heterocycles. The van der Waals surface area contributed by atoms with Gasteiger partial charge in [0, 0.05) is 6.54 Å². The van der Waals surface area contributed by atoms with E-state index in [-0.39, 0.29) is 18.0 Å². The zero-order valence-electron chi connectivity index (χ0n) is 17.3. The number of nitrogens with two attached hydrogens (primary N) is 1. The molecule has 2 aromatic carbocycles. The van der Waals surface area contributed by atoms with Gasteiger partial charge in [-0.25, -0.2) is 9.97 Å². The van der Waals surface area contributed by atoms with E-state index < -0.39 is 0 Å². The van der Waals surface area contributed by atoms with E-state index in [9.17, 15) is 4.79 Å². The molecule has 0 aliphatic carbocycles. The van der Waals surface area contributed by atoms with Crippen molar-refractivity contribution in [3.8, 4) is 10.4 Å². The third kappa shape index (κ3) is 3.89. The van der Waals surface area contributed by atoms with E-state index in [1.165, 1.54) is 0 Å². The molecule has 7 heteroatoms. The molecule has 2 aromatic heterocycles. The van der Waals surface area contributed by atoms with Crippen molar-refractivity contribution in [3.63, 3.8) is 0 Å².